The molecule has 2 atom stereocenters. The van der Waals surface area contributed by atoms with Crippen LogP contribution in [0.15, 0.2) is 18.2 Å². The average Bonchev–Trinajstić information content (AvgIpc) is 2.17. The Hall–Kier alpha value is -1.02. The minimum absolute atomic E-state index is 0.242. The van der Waals surface area contributed by atoms with Gasteiger partial charge in [0.2, 0.25) is 0 Å². The number of rotatable bonds is 1. The third-order valence-corrected chi connectivity index (χ3v) is 2.90. The van der Waals surface area contributed by atoms with Gasteiger partial charge in [-0.25, -0.2) is 0 Å². The van der Waals surface area contributed by atoms with Crippen LogP contribution in [0.3, 0.4) is 0 Å². The van der Waals surface area contributed by atoms with Crippen molar-refractivity contribution in [2.24, 2.45) is 5.92 Å². The van der Waals surface area contributed by atoms with Gasteiger partial charge in [0.15, 0.2) is 0 Å². The molecule has 1 heterocycles. The lowest BCUT2D eigenvalue weighted by molar-refractivity contribution is 0.0596. The van der Waals surface area contributed by atoms with Crippen LogP contribution in [-0.4, -0.2) is 13.7 Å². The lowest BCUT2D eigenvalue weighted by Crippen LogP contribution is -2.26. The second kappa shape index (κ2) is 3.62. The lowest BCUT2D eigenvalue weighted by atomic mass is 9.91. The standard InChI is InChI=1S/C12H17NO/c1-8-4-5-11-10(6-8)12(14-3)9(2)7-13-11/h4-6,9,12-13H,7H2,1-3H3. The highest BCUT2D eigenvalue weighted by Crippen LogP contribution is 2.35. The number of methoxy groups -OCH3 is 1. The summed E-state index contributed by atoms with van der Waals surface area (Å²) in [5.41, 5.74) is 3.81. The molecule has 0 saturated carbocycles. The van der Waals surface area contributed by atoms with Gasteiger partial charge >= 0.3 is 0 Å². The van der Waals surface area contributed by atoms with E-state index in [1.165, 1.54) is 16.8 Å². The molecule has 0 saturated heterocycles. The molecule has 2 nitrogen and oxygen atoms in total. The smallest absolute Gasteiger partial charge is 0.0883 e. The van der Waals surface area contributed by atoms with Crippen LogP contribution >= 0.6 is 0 Å². The summed E-state index contributed by atoms with van der Waals surface area (Å²) in [6.07, 6.45) is 0.242. The number of aryl methyl sites for hydroxylation is 1. The molecule has 1 aromatic rings. The molecule has 2 heteroatoms. The summed E-state index contributed by atoms with van der Waals surface area (Å²) in [7, 11) is 1.79. The molecular formula is C12H17NO. The molecule has 0 aliphatic carbocycles. The maximum absolute atomic E-state index is 5.54. The van der Waals surface area contributed by atoms with E-state index in [1.54, 1.807) is 7.11 Å². The maximum Gasteiger partial charge on any atom is 0.0883 e. The zero-order valence-corrected chi connectivity index (χ0v) is 9.00. The zero-order chi connectivity index (χ0) is 10.1. The number of hydrogen-bond acceptors (Lipinski definition) is 2. The first-order chi connectivity index (χ1) is 6.72. The number of nitrogens with one attached hydrogen (secondary N) is 1. The topological polar surface area (TPSA) is 21.3 Å². The monoisotopic (exact) mass is 191 g/mol. The highest BCUT2D eigenvalue weighted by Gasteiger charge is 2.25. The first kappa shape index (κ1) is 9.53. The zero-order valence-electron chi connectivity index (χ0n) is 9.00. The van der Waals surface area contributed by atoms with Gasteiger partial charge in [-0.05, 0) is 13.0 Å². The van der Waals surface area contributed by atoms with E-state index < -0.39 is 0 Å². The van der Waals surface area contributed by atoms with Crippen molar-refractivity contribution in [2.45, 2.75) is 20.0 Å². The maximum atomic E-state index is 5.54. The van der Waals surface area contributed by atoms with Gasteiger partial charge in [-0.3, -0.25) is 0 Å². The molecule has 2 unspecified atom stereocenters. The number of fused-ring (bicyclic) bond motifs is 1. The van der Waals surface area contributed by atoms with Crippen LogP contribution in [-0.2, 0) is 4.74 Å². The lowest BCUT2D eigenvalue weighted by Gasteiger charge is -2.31. The number of hydrogen-bond donors (Lipinski definition) is 1. The Morgan fingerprint density at radius 2 is 2.21 bits per heavy atom. The van der Waals surface area contributed by atoms with E-state index in [4.69, 9.17) is 4.74 Å². The van der Waals surface area contributed by atoms with Crippen LogP contribution in [0.5, 0.6) is 0 Å². The summed E-state index contributed by atoms with van der Waals surface area (Å²) in [5.74, 6) is 0.536. The van der Waals surface area contributed by atoms with Crippen LogP contribution in [0.4, 0.5) is 5.69 Å². The first-order valence-electron chi connectivity index (χ1n) is 5.09. The predicted octanol–water partition coefficient (Wildman–Crippen LogP) is 2.74. The Morgan fingerprint density at radius 3 is 2.93 bits per heavy atom. The number of benzene rings is 1. The third kappa shape index (κ3) is 1.50. The van der Waals surface area contributed by atoms with Gasteiger partial charge in [-0.1, -0.05) is 24.6 Å². The van der Waals surface area contributed by atoms with Crippen LogP contribution < -0.4 is 5.32 Å². The molecule has 1 aromatic carbocycles. The fraction of sp³-hybridized carbons (Fsp3) is 0.500. The van der Waals surface area contributed by atoms with Gasteiger partial charge in [0, 0.05) is 30.8 Å². The van der Waals surface area contributed by atoms with Gasteiger partial charge < -0.3 is 10.1 Å². The van der Waals surface area contributed by atoms with Gasteiger partial charge in [0.1, 0.15) is 0 Å². The SMILES string of the molecule is COC1c2cc(C)ccc2NCC1C. The predicted molar refractivity (Wildman–Crippen MR) is 58.6 cm³/mol. The average molecular weight is 191 g/mol. The molecule has 0 amide bonds. The summed E-state index contributed by atoms with van der Waals surface area (Å²) in [5, 5.41) is 3.42. The summed E-state index contributed by atoms with van der Waals surface area (Å²) in [6.45, 7) is 5.33. The first-order valence-corrected chi connectivity index (χ1v) is 5.09. The van der Waals surface area contributed by atoms with E-state index in [0.29, 0.717) is 5.92 Å². The summed E-state index contributed by atoms with van der Waals surface area (Å²) >= 11 is 0. The molecule has 2 rings (SSSR count). The Morgan fingerprint density at radius 1 is 1.43 bits per heavy atom. The second-order valence-corrected chi connectivity index (χ2v) is 4.11. The number of anilines is 1. The summed E-state index contributed by atoms with van der Waals surface area (Å²) < 4.78 is 5.54. The van der Waals surface area contributed by atoms with Crippen molar-refractivity contribution in [3.05, 3.63) is 29.3 Å². The second-order valence-electron chi connectivity index (χ2n) is 4.11. The summed E-state index contributed by atoms with van der Waals surface area (Å²) in [4.78, 5) is 0. The van der Waals surface area contributed by atoms with Crippen molar-refractivity contribution in [2.75, 3.05) is 19.0 Å². The quantitative estimate of drug-likeness (QED) is 0.737. The minimum atomic E-state index is 0.242. The van der Waals surface area contributed by atoms with E-state index in [9.17, 15) is 0 Å². The van der Waals surface area contributed by atoms with E-state index in [1.807, 2.05) is 0 Å². The highest BCUT2D eigenvalue weighted by molar-refractivity contribution is 5.55. The molecule has 0 aromatic heterocycles. The van der Waals surface area contributed by atoms with Crippen molar-refractivity contribution in [1.82, 2.24) is 0 Å². The Bertz CT molecular complexity index is 335. The molecule has 14 heavy (non-hydrogen) atoms. The summed E-state index contributed by atoms with van der Waals surface area (Å²) in [6, 6.07) is 6.49. The van der Waals surface area contributed by atoms with Gasteiger partial charge in [0.25, 0.3) is 0 Å². The highest BCUT2D eigenvalue weighted by atomic mass is 16.5. The Kier molecular flexibility index (Phi) is 2.46. The van der Waals surface area contributed by atoms with Crippen molar-refractivity contribution < 1.29 is 4.74 Å². The van der Waals surface area contributed by atoms with Gasteiger partial charge in [-0.2, -0.15) is 0 Å². The molecular weight excluding hydrogens is 174 g/mol. The molecule has 0 bridgehead atoms. The molecule has 0 spiro atoms. The Balaban J connectivity index is 2.43. The van der Waals surface area contributed by atoms with E-state index in [2.05, 4.69) is 37.4 Å². The van der Waals surface area contributed by atoms with Gasteiger partial charge in [-0.15, -0.1) is 0 Å². The van der Waals surface area contributed by atoms with Crippen LogP contribution in [0.1, 0.15) is 24.2 Å². The van der Waals surface area contributed by atoms with Crippen LogP contribution in [0.25, 0.3) is 0 Å². The molecule has 1 aliphatic rings. The fourth-order valence-electron chi connectivity index (χ4n) is 2.12. The van der Waals surface area contributed by atoms with Crippen molar-refractivity contribution >= 4 is 5.69 Å². The largest absolute Gasteiger partial charge is 0.384 e. The van der Waals surface area contributed by atoms with E-state index in [-0.39, 0.29) is 6.10 Å². The molecule has 1 N–H and O–H groups in total. The van der Waals surface area contributed by atoms with E-state index >= 15 is 0 Å². The fourth-order valence-corrected chi connectivity index (χ4v) is 2.12. The minimum Gasteiger partial charge on any atom is -0.384 e. The van der Waals surface area contributed by atoms with Crippen molar-refractivity contribution in [3.63, 3.8) is 0 Å². The van der Waals surface area contributed by atoms with Crippen molar-refractivity contribution in [1.29, 1.82) is 0 Å². The molecule has 1 aliphatic heterocycles. The number of ether oxygens (including phenoxy) is 1. The molecule has 76 valence electrons. The van der Waals surface area contributed by atoms with Crippen molar-refractivity contribution in [3.8, 4) is 0 Å². The third-order valence-electron chi connectivity index (χ3n) is 2.90. The molecule has 0 fully saturated rings. The van der Waals surface area contributed by atoms with Crippen LogP contribution in [0, 0.1) is 12.8 Å². The van der Waals surface area contributed by atoms with Crippen LogP contribution in [0.2, 0.25) is 0 Å². The van der Waals surface area contributed by atoms with E-state index in [0.717, 1.165) is 6.54 Å². The normalized spacial score (nSPS) is 25.4. The molecule has 0 radical (unpaired) electrons. The van der Waals surface area contributed by atoms with Gasteiger partial charge in [0.05, 0.1) is 6.10 Å². The Labute approximate surface area is 85.3 Å².